The smallest absolute Gasteiger partial charge is 0.224 e. The third kappa shape index (κ3) is 8.71. The number of likely N-dealkylation sites (N-methyl/N-ethyl adjacent to an activating group) is 1. The molecule has 0 spiro atoms. The van der Waals surface area contributed by atoms with Crippen molar-refractivity contribution in [3.8, 4) is 0 Å². The Labute approximate surface area is 249 Å². The van der Waals surface area contributed by atoms with Crippen molar-refractivity contribution in [3.05, 3.63) is 108 Å². The van der Waals surface area contributed by atoms with Gasteiger partial charge in [-0.3, -0.25) is 9.59 Å². The van der Waals surface area contributed by atoms with Crippen LogP contribution in [0, 0.1) is 5.92 Å². The molecular weight excluding hydrogens is 535 g/mol. The SMILES string of the molecule is CCCCNC(=O)[C@H](CSC(c1ccccc1)(c1ccccc1)c1ccccc1)CC(=O)[C@H](CS)NCCNC. The first-order valence-corrected chi connectivity index (χ1v) is 15.8. The molecule has 3 aromatic carbocycles. The zero-order chi connectivity index (χ0) is 28.6. The fourth-order valence-electron chi connectivity index (χ4n) is 4.79. The molecule has 0 bridgehead atoms. The molecule has 0 saturated heterocycles. The molecule has 3 N–H and O–H groups in total. The van der Waals surface area contributed by atoms with Crippen molar-refractivity contribution in [1.82, 2.24) is 16.0 Å². The van der Waals surface area contributed by atoms with Crippen LogP contribution in [0.4, 0.5) is 0 Å². The van der Waals surface area contributed by atoms with Crippen LogP contribution in [0.25, 0.3) is 0 Å². The van der Waals surface area contributed by atoms with E-state index in [1.54, 1.807) is 11.8 Å². The quantitative estimate of drug-likeness (QED) is 0.0937. The highest BCUT2D eigenvalue weighted by molar-refractivity contribution is 8.00. The Balaban J connectivity index is 1.98. The summed E-state index contributed by atoms with van der Waals surface area (Å²) in [6.07, 6.45) is 2.07. The van der Waals surface area contributed by atoms with Gasteiger partial charge in [0.25, 0.3) is 0 Å². The van der Waals surface area contributed by atoms with Gasteiger partial charge in [-0.1, -0.05) is 104 Å². The highest BCUT2D eigenvalue weighted by Gasteiger charge is 2.38. The number of thioether (sulfide) groups is 1. The van der Waals surface area contributed by atoms with Crippen molar-refractivity contribution in [2.75, 3.05) is 38.2 Å². The zero-order valence-electron chi connectivity index (χ0n) is 23.6. The number of carbonyl (C=O) groups is 2. The molecule has 0 aliphatic carbocycles. The van der Waals surface area contributed by atoms with Crippen LogP contribution in [0.5, 0.6) is 0 Å². The molecule has 0 fully saturated rings. The number of ketones is 1. The molecule has 0 aliphatic heterocycles. The first kappa shape index (κ1) is 31.9. The Morgan fingerprint density at radius 2 is 1.35 bits per heavy atom. The summed E-state index contributed by atoms with van der Waals surface area (Å²) in [7, 11) is 1.88. The van der Waals surface area contributed by atoms with Gasteiger partial charge in [0.15, 0.2) is 5.78 Å². The summed E-state index contributed by atoms with van der Waals surface area (Å²) < 4.78 is -0.553. The first-order chi connectivity index (χ1) is 19.6. The molecule has 2 atom stereocenters. The molecule has 40 heavy (non-hydrogen) atoms. The van der Waals surface area contributed by atoms with Crippen molar-refractivity contribution >= 4 is 36.1 Å². The second-order valence-electron chi connectivity index (χ2n) is 9.90. The van der Waals surface area contributed by atoms with Gasteiger partial charge in [-0.2, -0.15) is 12.6 Å². The van der Waals surface area contributed by atoms with Crippen LogP contribution < -0.4 is 16.0 Å². The molecule has 3 aromatic rings. The van der Waals surface area contributed by atoms with Crippen LogP contribution in [0.3, 0.4) is 0 Å². The van der Waals surface area contributed by atoms with Crippen molar-refractivity contribution in [2.45, 2.75) is 37.0 Å². The normalized spacial score (nSPS) is 13.0. The number of unbranched alkanes of at least 4 members (excludes halogenated alkanes) is 1. The summed E-state index contributed by atoms with van der Waals surface area (Å²) in [5.41, 5.74) is 3.41. The number of rotatable bonds is 18. The minimum absolute atomic E-state index is 0.0204. The third-order valence-electron chi connectivity index (χ3n) is 7.03. The standard InChI is InChI=1S/C33H43N3O2S2/c1-3-4-20-36-32(38)26(23-31(37)30(24-39)35-22-21-34-2)25-40-33(27-14-8-5-9-15-27,28-16-10-6-11-17-28)29-18-12-7-13-19-29/h5-19,26,30,34-35,39H,3-4,20-25H2,1-2H3,(H,36,38)/t26-,30-/m0/s1. The Bertz CT molecular complexity index is 1050. The van der Waals surface area contributed by atoms with E-state index in [-0.39, 0.29) is 18.1 Å². The fourth-order valence-corrected chi connectivity index (χ4v) is 6.75. The number of thiol groups is 1. The predicted molar refractivity (Wildman–Crippen MR) is 172 cm³/mol. The van der Waals surface area contributed by atoms with Gasteiger partial charge in [-0.25, -0.2) is 0 Å². The summed E-state index contributed by atoms with van der Waals surface area (Å²) in [6, 6.07) is 30.9. The van der Waals surface area contributed by atoms with Gasteiger partial charge in [-0.05, 0) is 30.2 Å². The summed E-state index contributed by atoms with van der Waals surface area (Å²) in [4.78, 5) is 27.0. The second kappa shape index (κ2) is 17.3. The molecule has 3 rings (SSSR count). The van der Waals surface area contributed by atoms with Crippen LogP contribution in [-0.2, 0) is 14.3 Å². The van der Waals surface area contributed by atoms with E-state index < -0.39 is 16.7 Å². The molecule has 5 nitrogen and oxygen atoms in total. The van der Waals surface area contributed by atoms with E-state index >= 15 is 0 Å². The van der Waals surface area contributed by atoms with Crippen LogP contribution >= 0.6 is 24.4 Å². The number of benzene rings is 3. The second-order valence-corrected chi connectivity index (χ2v) is 11.5. The molecular formula is C33H43N3O2S2. The van der Waals surface area contributed by atoms with Crippen LogP contribution in [0.15, 0.2) is 91.0 Å². The zero-order valence-corrected chi connectivity index (χ0v) is 25.4. The molecule has 0 aromatic heterocycles. The van der Waals surface area contributed by atoms with E-state index in [0.29, 0.717) is 24.6 Å². The molecule has 0 radical (unpaired) electrons. The number of amides is 1. The van der Waals surface area contributed by atoms with Crippen LogP contribution in [-0.4, -0.2) is 55.9 Å². The van der Waals surface area contributed by atoms with E-state index in [4.69, 9.17) is 0 Å². The molecule has 214 valence electrons. The lowest BCUT2D eigenvalue weighted by Crippen LogP contribution is -2.44. The number of nitrogens with one attached hydrogen (secondary N) is 3. The van der Waals surface area contributed by atoms with Gasteiger partial charge in [0, 0.05) is 37.6 Å². The summed E-state index contributed by atoms with van der Waals surface area (Å²) in [5.74, 6) is 0.357. The van der Waals surface area contributed by atoms with Crippen molar-refractivity contribution in [1.29, 1.82) is 0 Å². The van der Waals surface area contributed by atoms with Gasteiger partial charge in [-0.15, -0.1) is 11.8 Å². The Morgan fingerprint density at radius 3 is 1.80 bits per heavy atom. The highest BCUT2D eigenvalue weighted by atomic mass is 32.2. The van der Waals surface area contributed by atoms with Crippen LogP contribution in [0.2, 0.25) is 0 Å². The minimum Gasteiger partial charge on any atom is -0.356 e. The van der Waals surface area contributed by atoms with Gasteiger partial charge in [0.2, 0.25) is 5.91 Å². The maximum atomic E-state index is 13.5. The van der Waals surface area contributed by atoms with E-state index in [1.807, 2.05) is 25.2 Å². The van der Waals surface area contributed by atoms with Crippen molar-refractivity contribution < 1.29 is 9.59 Å². The number of hydrogen-bond donors (Lipinski definition) is 4. The Hall–Kier alpha value is -2.58. The van der Waals surface area contributed by atoms with Crippen molar-refractivity contribution in [2.24, 2.45) is 5.92 Å². The average Bonchev–Trinajstić information content (AvgIpc) is 3.00. The minimum atomic E-state index is -0.553. The fraction of sp³-hybridized carbons (Fsp3) is 0.394. The van der Waals surface area contributed by atoms with Gasteiger partial charge in [0.1, 0.15) is 0 Å². The van der Waals surface area contributed by atoms with Gasteiger partial charge < -0.3 is 16.0 Å². The molecule has 0 aliphatic rings. The lowest BCUT2D eigenvalue weighted by molar-refractivity contribution is -0.129. The lowest BCUT2D eigenvalue weighted by atomic mass is 9.84. The van der Waals surface area contributed by atoms with Crippen molar-refractivity contribution in [3.63, 3.8) is 0 Å². The maximum absolute atomic E-state index is 13.5. The first-order valence-electron chi connectivity index (χ1n) is 14.2. The van der Waals surface area contributed by atoms with Gasteiger partial charge >= 0.3 is 0 Å². The van der Waals surface area contributed by atoms with E-state index in [2.05, 4.69) is 108 Å². The van der Waals surface area contributed by atoms with Crippen LogP contribution in [0.1, 0.15) is 42.9 Å². The lowest BCUT2D eigenvalue weighted by Gasteiger charge is -2.36. The van der Waals surface area contributed by atoms with E-state index in [1.165, 1.54) is 0 Å². The maximum Gasteiger partial charge on any atom is 0.224 e. The third-order valence-corrected chi connectivity index (χ3v) is 9.10. The highest BCUT2D eigenvalue weighted by Crippen LogP contribution is 2.49. The summed E-state index contributed by atoms with van der Waals surface area (Å²) >= 11 is 6.16. The summed E-state index contributed by atoms with van der Waals surface area (Å²) in [5, 5.41) is 9.48. The number of hydrogen-bond acceptors (Lipinski definition) is 6. The Morgan fingerprint density at radius 1 is 0.825 bits per heavy atom. The monoisotopic (exact) mass is 577 g/mol. The Kier molecular flexibility index (Phi) is 13.8. The number of carbonyl (C=O) groups excluding carboxylic acids is 2. The molecule has 0 unspecified atom stereocenters. The van der Waals surface area contributed by atoms with E-state index in [9.17, 15) is 9.59 Å². The molecule has 1 amide bonds. The largest absolute Gasteiger partial charge is 0.356 e. The predicted octanol–water partition coefficient (Wildman–Crippen LogP) is 5.31. The molecule has 7 heteroatoms. The summed E-state index contributed by atoms with van der Waals surface area (Å²) in [6.45, 7) is 4.13. The topological polar surface area (TPSA) is 70.2 Å². The van der Waals surface area contributed by atoms with Gasteiger partial charge in [0.05, 0.1) is 16.7 Å². The molecule has 0 heterocycles. The average molecular weight is 578 g/mol. The molecule has 0 saturated carbocycles. The number of Topliss-reactive ketones (excluding diaryl/α,β-unsaturated/α-hetero) is 1. The van der Waals surface area contributed by atoms with E-state index in [0.717, 1.165) is 36.1 Å².